The number of nitrogens with zero attached hydrogens (tertiary/aromatic N) is 6. The number of thiazole rings is 1. The van der Waals surface area contributed by atoms with Crippen LogP contribution in [-0.2, 0) is 16.1 Å². The van der Waals surface area contributed by atoms with Crippen molar-refractivity contribution in [2.24, 2.45) is 5.92 Å². The Kier molecular flexibility index (Phi) is 9.38. The molecule has 0 bridgehead atoms. The molecule has 51 heavy (non-hydrogen) atoms. The van der Waals surface area contributed by atoms with Crippen molar-refractivity contribution in [2.45, 2.75) is 40.2 Å². The number of anilines is 2. The summed E-state index contributed by atoms with van der Waals surface area (Å²) >= 11 is 1.41. The predicted molar refractivity (Wildman–Crippen MR) is 202 cm³/mol. The van der Waals surface area contributed by atoms with Gasteiger partial charge in [0.25, 0.3) is 0 Å². The van der Waals surface area contributed by atoms with Crippen molar-refractivity contribution in [2.75, 3.05) is 23.3 Å². The van der Waals surface area contributed by atoms with Gasteiger partial charge < -0.3 is 14.8 Å². The van der Waals surface area contributed by atoms with Gasteiger partial charge in [-0.1, -0.05) is 68.5 Å². The number of carbonyl (C=O) groups excluding carboxylic acids is 3. The summed E-state index contributed by atoms with van der Waals surface area (Å²) in [6, 6.07) is 20.1. The maximum absolute atomic E-state index is 12.4. The third kappa shape index (κ3) is 6.60. The van der Waals surface area contributed by atoms with E-state index in [2.05, 4.69) is 68.3 Å². The average Bonchev–Trinajstić information content (AvgIpc) is 3.79. The topological polar surface area (TPSA) is 123 Å². The fourth-order valence-corrected chi connectivity index (χ4v) is 7.50. The molecule has 3 aromatic carbocycles. The second-order valence-electron chi connectivity index (χ2n) is 12.6. The summed E-state index contributed by atoms with van der Waals surface area (Å²) in [5.41, 5.74) is 8.20. The monoisotopic (exact) mass is 695 g/mol. The first-order chi connectivity index (χ1) is 24.7. The van der Waals surface area contributed by atoms with Gasteiger partial charge in [-0.2, -0.15) is 0 Å². The number of hydrogen-bond acceptors (Lipinski definition) is 9. The summed E-state index contributed by atoms with van der Waals surface area (Å²) in [5, 5.41) is 7.39. The Balaban J connectivity index is 0.000000165. The Labute approximate surface area is 299 Å². The minimum atomic E-state index is -0.175. The molecule has 2 aliphatic rings. The lowest BCUT2D eigenvalue weighted by molar-refractivity contribution is -0.122. The van der Waals surface area contributed by atoms with Crippen molar-refractivity contribution in [1.82, 2.24) is 24.5 Å². The average molecular weight is 696 g/mol. The zero-order valence-electron chi connectivity index (χ0n) is 28.8. The molecule has 8 rings (SSSR count). The van der Waals surface area contributed by atoms with E-state index in [9.17, 15) is 14.4 Å². The first-order valence-electron chi connectivity index (χ1n) is 17.0. The molecular weight excluding hydrogens is 659 g/mol. The second-order valence-corrected chi connectivity index (χ2v) is 13.4. The molecule has 3 aromatic heterocycles. The van der Waals surface area contributed by atoms with Crippen LogP contribution < -0.4 is 20.7 Å². The highest BCUT2D eigenvalue weighted by molar-refractivity contribution is 7.14. The number of aromatic nitrogens is 5. The van der Waals surface area contributed by atoms with Gasteiger partial charge in [0.05, 0.1) is 18.2 Å². The molecule has 0 saturated heterocycles. The van der Waals surface area contributed by atoms with Gasteiger partial charge in [0, 0.05) is 47.1 Å². The number of nitrogens with one attached hydrogen (secondary N) is 1. The zero-order valence-corrected chi connectivity index (χ0v) is 29.6. The Bertz CT molecular complexity index is 2410. The van der Waals surface area contributed by atoms with E-state index in [4.69, 9.17) is 0 Å². The summed E-state index contributed by atoms with van der Waals surface area (Å²) in [4.78, 5) is 56.1. The van der Waals surface area contributed by atoms with Crippen LogP contribution in [0.2, 0.25) is 0 Å². The van der Waals surface area contributed by atoms with Crippen molar-refractivity contribution in [3.8, 4) is 22.4 Å². The van der Waals surface area contributed by atoms with Crippen molar-refractivity contribution in [1.29, 1.82) is 0 Å². The van der Waals surface area contributed by atoms with E-state index in [1.54, 1.807) is 23.2 Å². The van der Waals surface area contributed by atoms with Crippen LogP contribution in [0.15, 0.2) is 84.9 Å². The standard InChI is InChI=1S/C20H21N7OS.C20H16O2/c1-3-26(4-2)15-7-5-14(6-8-15)16-11-29-20(24-16)25-18(28)10-27-13-23-19-17(27)9-21-12-22-19;1-11-9-17-13(12(2)20(11)22)7-8-15-14-5-3-4-6-16(14)19(21)10-18(15)17/h5-9,11-13H,3-4,10H2,1-2H3,(H,24,25,28);3-12H,1-2H3. The van der Waals surface area contributed by atoms with Gasteiger partial charge in [-0.05, 0) is 59.2 Å². The number of amides is 1. The van der Waals surface area contributed by atoms with Gasteiger partial charge in [-0.15, -0.1) is 11.3 Å². The predicted octanol–water partition coefficient (Wildman–Crippen LogP) is 5.87. The van der Waals surface area contributed by atoms with E-state index in [0.29, 0.717) is 10.8 Å². The highest BCUT2D eigenvalue weighted by atomic mass is 32.1. The maximum atomic E-state index is 12.4. The van der Waals surface area contributed by atoms with Crippen LogP contribution in [0, 0.1) is 5.92 Å². The number of benzene rings is 3. The van der Waals surface area contributed by atoms with Gasteiger partial charge in [0.2, 0.25) is 5.91 Å². The number of hydrogen-bond donors (Lipinski definition) is 1. The smallest absolute Gasteiger partial charge is 0.246 e. The third-order valence-electron chi connectivity index (χ3n) is 9.50. The highest BCUT2D eigenvalue weighted by Crippen LogP contribution is 2.29. The quantitative estimate of drug-likeness (QED) is 0.220. The van der Waals surface area contributed by atoms with Crippen molar-refractivity contribution in [3.05, 3.63) is 106 Å². The third-order valence-corrected chi connectivity index (χ3v) is 10.3. The first-order valence-corrected chi connectivity index (χ1v) is 17.9. The van der Waals surface area contributed by atoms with E-state index in [0.717, 1.165) is 62.6 Å². The van der Waals surface area contributed by atoms with E-state index in [-0.39, 0.29) is 35.9 Å². The molecule has 0 radical (unpaired) electrons. The van der Waals surface area contributed by atoms with Crippen molar-refractivity contribution >= 4 is 62.9 Å². The van der Waals surface area contributed by atoms with Crippen LogP contribution in [0.3, 0.4) is 0 Å². The number of fused-ring (bicyclic) bond motifs is 6. The zero-order chi connectivity index (χ0) is 35.6. The number of Topliss-reactive ketones (excluding diaryl/α,β-unsaturated/α-hetero) is 2. The molecular formula is C40H37N7O3S. The van der Waals surface area contributed by atoms with Crippen molar-refractivity contribution < 1.29 is 14.4 Å². The fourth-order valence-electron chi connectivity index (χ4n) is 6.77. The van der Waals surface area contributed by atoms with Crippen LogP contribution in [-0.4, -0.2) is 55.1 Å². The van der Waals surface area contributed by atoms with Crippen LogP contribution in [0.1, 0.15) is 49.5 Å². The molecule has 10 nitrogen and oxygen atoms in total. The Morgan fingerprint density at radius 3 is 2.45 bits per heavy atom. The molecule has 3 heterocycles. The molecule has 1 N–H and O–H groups in total. The molecule has 1 amide bonds. The maximum Gasteiger partial charge on any atom is 0.246 e. The minimum absolute atomic E-state index is 0.0436. The van der Waals surface area contributed by atoms with Gasteiger partial charge in [0.15, 0.2) is 16.6 Å². The fraction of sp³-hybridized carbons (Fsp3) is 0.225. The molecule has 6 aromatic rings. The van der Waals surface area contributed by atoms with E-state index in [1.165, 1.54) is 23.4 Å². The second kappa shape index (κ2) is 14.2. The molecule has 0 spiro atoms. The van der Waals surface area contributed by atoms with E-state index >= 15 is 0 Å². The summed E-state index contributed by atoms with van der Waals surface area (Å²) in [6.45, 7) is 10.2. The molecule has 0 aliphatic heterocycles. The number of ketones is 2. The summed E-state index contributed by atoms with van der Waals surface area (Å²) in [6.07, 6.45) is 8.40. The molecule has 11 heteroatoms. The lowest BCUT2D eigenvalue weighted by Crippen LogP contribution is -2.40. The normalized spacial score (nSPS) is 15.8. The lowest BCUT2D eigenvalue weighted by atomic mass is 9.79. The summed E-state index contributed by atoms with van der Waals surface area (Å²) < 4.78 is 1.71. The van der Waals surface area contributed by atoms with Crippen LogP contribution in [0.4, 0.5) is 10.8 Å². The molecule has 256 valence electrons. The molecule has 0 fully saturated rings. The highest BCUT2D eigenvalue weighted by Gasteiger charge is 2.27. The SMILES string of the molecule is CC1C=c2c(ccc3c2=CC(=O)c2ccccc2-3)C(C)C1=O.CCN(CC)c1ccc(-c2csc(NC(=O)Cn3cnc4ncncc43)n2)cc1. The minimum Gasteiger partial charge on any atom is -0.372 e. The first kappa shape index (κ1) is 33.7. The van der Waals surface area contributed by atoms with Crippen LogP contribution >= 0.6 is 11.3 Å². The lowest BCUT2D eigenvalue weighted by Gasteiger charge is -2.23. The largest absolute Gasteiger partial charge is 0.372 e. The molecule has 2 aliphatic carbocycles. The van der Waals surface area contributed by atoms with Crippen LogP contribution in [0.5, 0.6) is 0 Å². The number of imidazole rings is 1. The molecule has 0 saturated carbocycles. The van der Waals surface area contributed by atoms with E-state index < -0.39 is 0 Å². The molecule has 2 unspecified atom stereocenters. The van der Waals surface area contributed by atoms with Gasteiger partial charge in [-0.3, -0.25) is 14.4 Å². The van der Waals surface area contributed by atoms with Gasteiger partial charge >= 0.3 is 0 Å². The Hall–Kier alpha value is -5.81. The van der Waals surface area contributed by atoms with E-state index in [1.807, 2.05) is 61.7 Å². The number of carbonyl (C=O) groups is 3. The Morgan fingerprint density at radius 1 is 0.922 bits per heavy atom. The Morgan fingerprint density at radius 2 is 1.69 bits per heavy atom. The summed E-state index contributed by atoms with van der Waals surface area (Å²) in [5.74, 6) is -0.0985. The van der Waals surface area contributed by atoms with Gasteiger partial charge in [-0.25, -0.2) is 19.9 Å². The van der Waals surface area contributed by atoms with Gasteiger partial charge in [0.1, 0.15) is 24.2 Å². The van der Waals surface area contributed by atoms with Crippen LogP contribution in [0.25, 0.3) is 45.7 Å². The summed E-state index contributed by atoms with van der Waals surface area (Å²) in [7, 11) is 0. The van der Waals surface area contributed by atoms with Crippen molar-refractivity contribution in [3.63, 3.8) is 0 Å². The number of rotatable bonds is 7. The molecule has 2 atom stereocenters.